The predicted octanol–water partition coefficient (Wildman–Crippen LogP) is -0.876. The normalized spacial score (nSPS) is 12.1. The summed E-state index contributed by atoms with van der Waals surface area (Å²) in [5.74, 6) is 0. The maximum atomic E-state index is 9.81. The molecule has 0 bridgehead atoms. The van der Waals surface area contributed by atoms with Crippen molar-refractivity contribution in [2.45, 2.75) is 26.0 Å². The first-order valence-corrected chi connectivity index (χ1v) is 5.31. The number of hydrogen-bond donors (Lipinski definition) is 1. The molecule has 0 saturated carbocycles. The zero-order valence-corrected chi connectivity index (χ0v) is 12.9. The van der Waals surface area contributed by atoms with Crippen molar-refractivity contribution in [2.24, 2.45) is 0 Å². The molecule has 1 aromatic carbocycles. The van der Waals surface area contributed by atoms with Gasteiger partial charge in [0.2, 0.25) is 0 Å². The van der Waals surface area contributed by atoms with Crippen LogP contribution in [-0.2, 0) is 12.1 Å². The van der Waals surface area contributed by atoms with E-state index in [2.05, 4.69) is 33.3 Å². The van der Waals surface area contributed by atoms with E-state index in [1.54, 1.807) is 0 Å². The van der Waals surface area contributed by atoms with Crippen molar-refractivity contribution in [3.05, 3.63) is 35.4 Å². The average Bonchev–Trinajstić information content (AvgIpc) is 2.00. The maximum Gasteiger partial charge on any atom is 0.104 e. The van der Waals surface area contributed by atoms with Crippen molar-refractivity contribution in [3.63, 3.8) is 0 Å². The fourth-order valence-corrected chi connectivity index (χ4v) is 1.57. The summed E-state index contributed by atoms with van der Waals surface area (Å²) in [6, 6.07) is 8.20. The van der Waals surface area contributed by atoms with Crippen molar-refractivity contribution in [3.8, 4) is 0 Å². The molecule has 3 heteroatoms. The van der Waals surface area contributed by atoms with Gasteiger partial charge in [0.05, 0.1) is 26.7 Å². The van der Waals surface area contributed by atoms with E-state index in [9.17, 15) is 5.11 Å². The second-order valence-electron chi connectivity index (χ2n) is 5.70. The monoisotopic (exact) mass is 335 g/mol. The van der Waals surface area contributed by atoms with E-state index >= 15 is 0 Å². The van der Waals surface area contributed by atoms with E-state index in [4.69, 9.17) is 0 Å². The van der Waals surface area contributed by atoms with Crippen molar-refractivity contribution in [1.29, 1.82) is 0 Å². The molecule has 0 atom stereocenters. The fourth-order valence-electron chi connectivity index (χ4n) is 1.57. The van der Waals surface area contributed by atoms with Gasteiger partial charge in [0.25, 0.3) is 0 Å². The van der Waals surface area contributed by atoms with E-state index in [0.717, 1.165) is 16.6 Å². The third kappa shape index (κ3) is 5.27. The van der Waals surface area contributed by atoms with Crippen LogP contribution in [0.3, 0.4) is 0 Å². The third-order valence-electron chi connectivity index (χ3n) is 2.32. The van der Waals surface area contributed by atoms with Crippen LogP contribution < -0.4 is 24.0 Å². The number of halogens is 1. The van der Waals surface area contributed by atoms with Gasteiger partial charge < -0.3 is 33.6 Å². The third-order valence-corrected chi connectivity index (χ3v) is 2.32. The lowest BCUT2D eigenvalue weighted by Gasteiger charge is -2.24. The highest BCUT2D eigenvalue weighted by Crippen LogP contribution is 2.20. The first kappa shape index (κ1) is 15.9. The lowest BCUT2D eigenvalue weighted by molar-refractivity contribution is -0.884. The minimum atomic E-state index is -0.741. The van der Waals surface area contributed by atoms with Crippen LogP contribution in [0.2, 0.25) is 0 Å². The summed E-state index contributed by atoms with van der Waals surface area (Å²) >= 11 is 0. The molecule has 92 valence electrons. The van der Waals surface area contributed by atoms with E-state index in [0.29, 0.717) is 0 Å². The Labute approximate surface area is 116 Å². The summed E-state index contributed by atoms with van der Waals surface area (Å²) < 4.78 is 0.919. The van der Waals surface area contributed by atoms with Gasteiger partial charge in [0.1, 0.15) is 6.54 Å². The van der Waals surface area contributed by atoms with Crippen molar-refractivity contribution in [1.82, 2.24) is 0 Å². The van der Waals surface area contributed by atoms with Crippen molar-refractivity contribution < 1.29 is 33.6 Å². The molecule has 0 radical (unpaired) electrons. The summed E-state index contributed by atoms with van der Waals surface area (Å²) in [7, 11) is 6.51. The van der Waals surface area contributed by atoms with E-state index in [-0.39, 0.29) is 24.0 Å². The molecule has 0 aliphatic carbocycles. The summed E-state index contributed by atoms with van der Waals surface area (Å²) in [4.78, 5) is 0. The second-order valence-corrected chi connectivity index (χ2v) is 5.70. The SMILES string of the molecule is CC(C)(O)c1ccc(C[N+](C)(C)C)cc1.[I-]. The molecule has 1 aromatic rings. The van der Waals surface area contributed by atoms with Gasteiger partial charge in [0.15, 0.2) is 0 Å². The molecule has 0 aromatic heterocycles. The van der Waals surface area contributed by atoms with Crippen LogP contribution in [0.1, 0.15) is 25.0 Å². The Balaban J connectivity index is 0.00000225. The molecule has 0 amide bonds. The highest BCUT2D eigenvalue weighted by atomic mass is 127. The van der Waals surface area contributed by atoms with Gasteiger partial charge in [-0.15, -0.1) is 0 Å². The minimum Gasteiger partial charge on any atom is -1.00 e. The lowest BCUT2D eigenvalue weighted by Crippen LogP contribution is -3.00. The molecule has 2 nitrogen and oxygen atoms in total. The van der Waals surface area contributed by atoms with Crippen LogP contribution in [-0.4, -0.2) is 30.7 Å². The molecular formula is C13H22INO. The Morgan fingerprint density at radius 3 is 1.81 bits per heavy atom. The van der Waals surface area contributed by atoms with Crippen LogP contribution in [0.5, 0.6) is 0 Å². The van der Waals surface area contributed by atoms with Gasteiger partial charge in [-0.05, 0) is 19.4 Å². The standard InChI is InChI=1S/C13H22NO.HI/c1-13(2,15)12-8-6-11(7-9-12)10-14(3,4)5;/h6-9,15H,10H2,1-5H3;1H/q+1;/p-1. The van der Waals surface area contributed by atoms with Crippen LogP contribution in [0.15, 0.2) is 24.3 Å². The van der Waals surface area contributed by atoms with E-state index < -0.39 is 5.60 Å². The molecule has 1 N–H and O–H groups in total. The molecule has 0 saturated heterocycles. The summed E-state index contributed by atoms with van der Waals surface area (Å²) in [6.07, 6.45) is 0. The first-order valence-electron chi connectivity index (χ1n) is 5.31. The molecule has 0 spiro atoms. The molecule has 16 heavy (non-hydrogen) atoms. The number of nitrogens with zero attached hydrogens (tertiary/aromatic N) is 1. The number of benzene rings is 1. The zero-order chi connectivity index (χ0) is 11.7. The maximum absolute atomic E-state index is 9.81. The Bertz CT molecular complexity index is 319. The van der Waals surface area contributed by atoms with Gasteiger partial charge in [-0.2, -0.15) is 0 Å². The summed E-state index contributed by atoms with van der Waals surface area (Å²) in [5.41, 5.74) is 1.53. The topological polar surface area (TPSA) is 20.2 Å². The van der Waals surface area contributed by atoms with Gasteiger partial charge >= 0.3 is 0 Å². The van der Waals surface area contributed by atoms with E-state index in [1.165, 1.54) is 5.56 Å². The van der Waals surface area contributed by atoms with Gasteiger partial charge in [0, 0.05) is 5.56 Å². The predicted molar refractivity (Wildman–Crippen MR) is 63.4 cm³/mol. The van der Waals surface area contributed by atoms with Crippen LogP contribution in [0, 0.1) is 0 Å². The molecule has 0 fully saturated rings. The Kier molecular flexibility index (Phi) is 5.42. The molecule has 1 rings (SSSR count). The quantitative estimate of drug-likeness (QED) is 0.562. The first-order chi connectivity index (χ1) is 6.68. The molecule has 0 unspecified atom stereocenters. The molecular weight excluding hydrogens is 313 g/mol. The highest BCUT2D eigenvalue weighted by molar-refractivity contribution is 5.25. The molecule has 0 aliphatic rings. The Morgan fingerprint density at radius 2 is 1.50 bits per heavy atom. The van der Waals surface area contributed by atoms with Gasteiger partial charge in [-0.3, -0.25) is 0 Å². The highest BCUT2D eigenvalue weighted by Gasteiger charge is 2.16. The van der Waals surface area contributed by atoms with Crippen LogP contribution >= 0.6 is 0 Å². The largest absolute Gasteiger partial charge is 1.00 e. The van der Waals surface area contributed by atoms with Crippen molar-refractivity contribution >= 4 is 0 Å². The molecule has 0 heterocycles. The zero-order valence-electron chi connectivity index (χ0n) is 10.8. The van der Waals surface area contributed by atoms with Gasteiger partial charge in [-0.25, -0.2) is 0 Å². The minimum absolute atomic E-state index is 0. The van der Waals surface area contributed by atoms with Gasteiger partial charge in [-0.1, -0.05) is 24.3 Å². The summed E-state index contributed by atoms with van der Waals surface area (Å²) in [6.45, 7) is 4.62. The van der Waals surface area contributed by atoms with Crippen molar-refractivity contribution in [2.75, 3.05) is 21.1 Å². The lowest BCUT2D eigenvalue weighted by atomic mass is 9.97. The fraction of sp³-hybridized carbons (Fsp3) is 0.538. The number of quaternary nitrogens is 1. The van der Waals surface area contributed by atoms with E-state index in [1.807, 2.05) is 26.0 Å². The second kappa shape index (κ2) is 5.47. The summed E-state index contributed by atoms with van der Waals surface area (Å²) in [5, 5.41) is 9.81. The molecule has 0 aliphatic heterocycles. The Morgan fingerprint density at radius 1 is 1.06 bits per heavy atom. The Hall–Kier alpha value is -0.130. The van der Waals surface area contributed by atoms with Crippen LogP contribution in [0.25, 0.3) is 0 Å². The number of hydrogen-bond acceptors (Lipinski definition) is 1. The number of aliphatic hydroxyl groups is 1. The van der Waals surface area contributed by atoms with Crippen LogP contribution in [0.4, 0.5) is 0 Å². The number of rotatable bonds is 3. The average molecular weight is 335 g/mol. The smallest absolute Gasteiger partial charge is 0.104 e.